The summed E-state index contributed by atoms with van der Waals surface area (Å²) in [6.45, 7) is 5.02. The fraction of sp³-hybridized carbons (Fsp3) is 0.533. The van der Waals surface area contributed by atoms with Crippen molar-refractivity contribution in [3.63, 3.8) is 0 Å². The van der Waals surface area contributed by atoms with E-state index in [4.69, 9.17) is 0 Å². The fourth-order valence-electron chi connectivity index (χ4n) is 2.19. The van der Waals surface area contributed by atoms with Gasteiger partial charge in [-0.15, -0.1) is 0 Å². The van der Waals surface area contributed by atoms with Crippen molar-refractivity contribution in [3.05, 3.63) is 23.8 Å². The van der Waals surface area contributed by atoms with Gasteiger partial charge in [-0.2, -0.15) is 0 Å². The van der Waals surface area contributed by atoms with Crippen molar-refractivity contribution >= 4 is 5.91 Å². The van der Waals surface area contributed by atoms with Crippen LogP contribution in [0, 0.1) is 5.92 Å². The standard InChI is InChI=1S/C15H23NO4/c1-3-16(4-2)15(20)8-11(10-17)7-12-5-6-13(18)9-14(12)19/h5-6,9,11,17-19H,3-4,7-8,10H2,1-2H3. The molecule has 112 valence electrons. The second-order valence-corrected chi connectivity index (χ2v) is 4.84. The van der Waals surface area contributed by atoms with Crippen LogP contribution < -0.4 is 0 Å². The molecule has 0 saturated carbocycles. The molecule has 1 aromatic rings. The molecular formula is C15H23NO4. The van der Waals surface area contributed by atoms with Gasteiger partial charge < -0.3 is 20.2 Å². The molecule has 1 amide bonds. The molecule has 3 N–H and O–H groups in total. The van der Waals surface area contributed by atoms with Gasteiger partial charge in [-0.3, -0.25) is 4.79 Å². The molecule has 0 aromatic heterocycles. The molecule has 0 fully saturated rings. The average Bonchev–Trinajstić information content (AvgIpc) is 2.42. The van der Waals surface area contributed by atoms with Crippen molar-refractivity contribution in [1.29, 1.82) is 0 Å². The van der Waals surface area contributed by atoms with Crippen LogP contribution >= 0.6 is 0 Å². The molecule has 0 saturated heterocycles. The maximum absolute atomic E-state index is 12.0. The molecule has 0 aliphatic carbocycles. The Balaban J connectivity index is 2.69. The van der Waals surface area contributed by atoms with E-state index >= 15 is 0 Å². The Hall–Kier alpha value is -1.75. The normalized spacial score (nSPS) is 12.2. The second-order valence-electron chi connectivity index (χ2n) is 4.84. The van der Waals surface area contributed by atoms with E-state index in [2.05, 4.69) is 0 Å². The summed E-state index contributed by atoms with van der Waals surface area (Å²) in [6.07, 6.45) is 0.647. The zero-order valence-electron chi connectivity index (χ0n) is 12.0. The van der Waals surface area contributed by atoms with Crippen molar-refractivity contribution in [1.82, 2.24) is 4.90 Å². The predicted molar refractivity (Wildman–Crippen MR) is 76.6 cm³/mol. The number of benzene rings is 1. The summed E-state index contributed by atoms with van der Waals surface area (Å²) in [5.41, 5.74) is 0.620. The molecule has 1 rings (SSSR count). The lowest BCUT2D eigenvalue weighted by atomic mass is 9.95. The maximum Gasteiger partial charge on any atom is 0.222 e. The highest BCUT2D eigenvalue weighted by atomic mass is 16.3. The minimum absolute atomic E-state index is 0.00678. The first-order valence-corrected chi connectivity index (χ1v) is 6.91. The molecule has 1 atom stereocenters. The van der Waals surface area contributed by atoms with Crippen LogP contribution in [0.2, 0.25) is 0 Å². The van der Waals surface area contributed by atoms with E-state index in [1.807, 2.05) is 13.8 Å². The number of amides is 1. The molecule has 0 spiro atoms. The smallest absolute Gasteiger partial charge is 0.222 e. The SMILES string of the molecule is CCN(CC)C(=O)CC(CO)Cc1ccc(O)cc1O. The Kier molecular flexibility index (Phi) is 6.31. The van der Waals surface area contributed by atoms with Crippen LogP contribution in [0.25, 0.3) is 0 Å². The molecule has 0 radical (unpaired) electrons. The molecule has 0 aliphatic heterocycles. The van der Waals surface area contributed by atoms with Gasteiger partial charge in [-0.1, -0.05) is 6.07 Å². The second kappa shape index (κ2) is 7.75. The van der Waals surface area contributed by atoms with Crippen molar-refractivity contribution < 1.29 is 20.1 Å². The van der Waals surface area contributed by atoms with Gasteiger partial charge in [0.2, 0.25) is 5.91 Å². The predicted octanol–water partition coefficient (Wildman–Crippen LogP) is 1.51. The summed E-state index contributed by atoms with van der Waals surface area (Å²) in [6, 6.07) is 4.35. The van der Waals surface area contributed by atoms with Crippen LogP contribution in [0.15, 0.2) is 18.2 Å². The van der Waals surface area contributed by atoms with Crippen LogP contribution in [-0.2, 0) is 11.2 Å². The van der Waals surface area contributed by atoms with Gasteiger partial charge in [-0.05, 0) is 37.8 Å². The van der Waals surface area contributed by atoms with Crippen LogP contribution in [0.4, 0.5) is 0 Å². The minimum atomic E-state index is -0.237. The number of nitrogens with zero attached hydrogens (tertiary/aromatic N) is 1. The monoisotopic (exact) mass is 281 g/mol. The van der Waals surface area contributed by atoms with Crippen LogP contribution in [0.3, 0.4) is 0 Å². The van der Waals surface area contributed by atoms with E-state index in [1.165, 1.54) is 12.1 Å². The number of phenols is 2. The minimum Gasteiger partial charge on any atom is -0.508 e. The third kappa shape index (κ3) is 4.42. The first-order valence-electron chi connectivity index (χ1n) is 6.91. The number of hydrogen-bond donors (Lipinski definition) is 3. The Morgan fingerprint density at radius 1 is 1.25 bits per heavy atom. The number of carbonyl (C=O) groups excluding carboxylic acids is 1. The Labute approximate surface area is 119 Å². The van der Waals surface area contributed by atoms with Gasteiger partial charge >= 0.3 is 0 Å². The van der Waals surface area contributed by atoms with Crippen molar-refractivity contribution in [3.8, 4) is 11.5 Å². The molecule has 0 heterocycles. The van der Waals surface area contributed by atoms with Gasteiger partial charge in [0.25, 0.3) is 0 Å². The third-order valence-electron chi connectivity index (χ3n) is 3.42. The van der Waals surface area contributed by atoms with E-state index in [1.54, 1.807) is 11.0 Å². The van der Waals surface area contributed by atoms with E-state index in [-0.39, 0.29) is 36.4 Å². The summed E-state index contributed by atoms with van der Waals surface area (Å²) >= 11 is 0. The quantitative estimate of drug-likeness (QED) is 0.707. The van der Waals surface area contributed by atoms with Gasteiger partial charge in [0, 0.05) is 32.2 Å². The largest absolute Gasteiger partial charge is 0.508 e. The first kappa shape index (κ1) is 16.3. The van der Waals surface area contributed by atoms with Gasteiger partial charge in [0.1, 0.15) is 11.5 Å². The number of aromatic hydroxyl groups is 2. The lowest BCUT2D eigenvalue weighted by Gasteiger charge is -2.22. The summed E-state index contributed by atoms with van der Waals surface area (Å²) in [7, 11) is 0. The molecule has 5 nitrogen and oxygen atoms in total. The highest BCUT2D eigenvalue weighted by Gasteiger charge is 2.18. The zero-order chi connectivity index (χ0) is 15.1. The van der Waals surface area contributed by atoms with Gasteiger partial charge in [0.05, 0.1) is 0 Å². The molecular weight excluding hydrogens is 258 g/mol. The van der Waals surface area contributed by atoms with Crippen molar-refractivity contribution in [2.45, 2.75) is 26.7 Å². The molecule has 0 bridgehead atoms. The number of rotatable bonds is 7. The lowest BCUT2D eigenvalue weighted by Crippen LogP contribution is -2.32. The zero-order valence-corrected chi connectivity index (χ0v) is 12.0. The maximum atomic E-state index is 12.0. The van der Waals surface area contributed by atoms with E-state index in [0.29, 0.717) is 25.1 Å². The molecule has 1 unspecified atom stereocenters. The lowest BCUT2D eigenvalue weighted by molar-refractivity contribution is -0.132. The highest BCUT2D eigenvalue weighted by molar-refractivity contribution is 5.76. The first-order chi connectivity index (χ1) is 9.51. The van der Waals surface area contributed by atoms with Crippen molar-refractivity contribution in [2.75, 3.05) is 19.7 Å². The molecule has 5 heteroatoms. The van der Waals surface area contributed by atoms with E-state index in [9.17, 15) is 20.1 Å². The van der Waals surface area contributed by atoms with E-state index < -0.39 is 0 Å². The fourth-order valence-corrected chi connectivity index (χ4v) is 2.19. The van der Waals surface area contributed by atoms with Gasteiger partial charge in [-0.25, -0.2) is 0 Å². The number of carbonyl (C=O) groups is 1. The molecule has 0 aliphatic rings. The summed E-state index contributed by atoms with van der Waals surface area (Å²) in [4.78, 5) is 13.7. The number of aliphatic hydroxyl groups is 1. The number of hydrogen-bond acceptors (Lipinski definition) is 4. The Morgan fingerprint density at radius 3 is 2.40 bits per heavy atom. The van der Waals surface area contributed by atoms with Crippen molar-refractivity contribution in [2.24, 2.45) is 5.92 Å². The highest BCUT2D eigenvalue weighted by Crippen LogP contribution is 2.26. The third-order valence-corrected chi connectivity index (χ3v) is 3.42. The molecule has 20 heavy (non-hydrogen) atoms. The summed E-state index contributed by atoms with van der Waals surface area (Å²) in [5.74, 6) is -0.254. The Bertz CT molecular complexity index is 443. The van der Waals surface area contributed by atoms with Crippen LogP contribution in [-0.4, -0.2) is 45.8 Å². The molecule has 1 aromatic carbocycles. The average molecular weight is 281 g/mol. The Morgan fingerprint density at radius 2 is 1.90 bits per heavy atom. The van der Waals surface area contributed by atoms with Crippen LogP contribution in [0.5, 0.6) is 11.5 Å². The van der Waals surface area contributed by atoms with Crippen LogP contribution in [0.1, 0.15) is 25.8 Å². The summed E-state index contributed by atoms with van der Waals surface area (Å²) < 4.78 is 0. The topological polar surface area (TPSA) is 81.0 Å². The summed E-state index contributed by atoms with van der Waals surface area (Å²) in [5, 5.41) is 28.4. The van der Waals surface area contributed by atoms with Gasteiger partial charge in [0.15, 0.2) is 0 Å². The van der Waals surface area contributed by atoms with E-state index in [0.717, 1.165) is 0 Å². The number of phenolic OH excluding ortho intramolecular Hbond substituents is 2. The number of aliphatic hydroxyl groups excluding tert-OH is 1.